The Morgan fingerprint density at radius 2 is 1.71 bits per heavy atom. The molecule has 2 aromatic carbocycles. The summed E-state index contributed by atoms with van der Waals surface area (Å²) in [6.45, 7) is 3.67. The van der Waals surface area contributed by atoms with Crippen LogP contribution in [0.2, 0.25) is 0 Å². The minimum Gasteiger partial charge on any atom is -0.277 e. The Hall–Kier alpha value is -2.05. The molecule has 7 heteroatoms. The molecule has 0 aliphatic rings. The van der Waals surface area contributed by atoms with Crippen LogP contribution < -0.4 is 9.62 Å². The molecule has 1 N–H and O–H groups in total. The molecule has 0 spiro atoms. The molecule has 0 saturated heterocycles. The number of aryl methyl sites for hydroxylation is 1. The average molecular weight is 367 g/mol. The van der Waals surface area contributed by atoms with Gasteiger partial charge in [0.1, 0.15) is 5.50 Å². The van der Waals surface area contributed by atoms with Crippen molar-refractivity contribution in [1.29, 1.82) is 0 Å². The number of nitrogens with one attached hydrogen (secondary N) is 1. The monoisotopic (exact) mass is 366 g/mol. The van der Waals surface area contributed by atoms with Crippen LogP contribution in [0.25, 0.3) is 0 Å². The lowest BCUT2D eigenvalue weighted by atomic mass is 10.2. The summed E-state index contributed by atoms with van der Waals surface area (Å²) in [6.07, 6.45) is 0.467. The van der Waals surface area contributed by atoms with Crippen LogP contribution in [0.4, 0.5) is 10.5 Å². The number of nitrogens with zero attached hydrogens (tertiary/aromatic N) is 1. The topological polar surface area (TPSA) is 66.5 Å². The molecule has 5 nitrogen and oxygen atoms in total. The molecule has 2 aromatic rings. The lowest BCUT2D eigenvalue weighted by Crippen LogP contribution is -2.46. The van der Waals surface area contributed by atoms with Crippen molar-refractivity contribution in [2.75, 3.05) is 4.90 Å². The number of sulfonamides is 1. The Bertz CT molecular complexity index is 792. The third-order valence-corrected chi connectivity index (χ3v) is 5.26. The number of halogens is 1. The molecule has 0 aliphatic carbocycles. The molecule has 1 atom stereocenters. The molecule has 24 heavy (non-hydrogen) atoms. The highest BCUT2D eigenvalue weighted by molar-refractivity contribution is 7.90. The van der Waals surface area contributed by atoms with E-state index in [4.69, 9.17) is 11.6 Å². The number of amides is 2. The van der Waals surface area contributed by atoms with Crippen molar-refractivity contribution in [2.24, 2.45) is 0 Å². The molecule has 2 rings (SSSR count). The molecule has 0 radical (unpaired) electrons. The summed E-state index contributed by atoms with van der Waals surface area (Å²) in [5, 5.41) is 0. The van der Waals surface area contributed by atoms with Crippen molar-refractivity contribution in [3.8, 4) is 0 Å². The molecule has 0 bridgehead atoms. The molecule has 0 heterocycles. The molecule has 0 aromatic heterocycles. The molecule has 0 aliphatic heterocycles. The van der Waals surface area contributed by atoms with Crippen LogP contribution >= 0.6 is 11.6 Å². The molecule has 2 amide bonds. The van der Waals surface area contributed by atoms with Gasteiger partial charge in [0.25, 0.3) is 10.0 Å². The summed E-state index contributed by atoms with van der Waals surface area (Å²) in [4.78, 5) is 13.8. The van der Waals surface area contributed by atoms with E-state index in [2.05, 4.69) is 4.72 Å². The highest BCUT2D eigenvalue weighted by Gasteiger charge is 2.27. The number of alkyl halides is 1. The molecule has 0 fully saturated rings. The van der Waals surface area contributed by atoms with E-state index in [1.165, 1.54) is 17.0 Å². The number of rotatable bonds is 5. The second-order valence-electron chi connectivity index (χ2n) is 5.27. The largest absolute Gasteiger partial charge is 0.337 e. The third-order valence-electron chi connectivity index (χ3n) is 3.42. The van der Waals surface area contributed by atoms with E-state index in [-0.39, 0.29) is 4.90 Å². The van der Waals surface area contributed by atoms with Crippen LogP contribution in [-0.4, -0.2) is 19.9 Å². The maximum atomic E-state index is 12.6. The van der Waals surface area contributed by atoms with E-state index in [0.717, 1.165) is 5.56 Å². The second-order valence-corrected chi connectivity index (χ2v) is 7.46. The number of carbonyl (C=O) groups is 1. The smallest absolute Gasteiger partial charge is 0.277 e. The van der Waals surface area contributed by atoms with Crippen LogP contribution in [0.1, 0.15) is 18.9 Å². The van der Waals surface area contributed by atoms with Gasteiger partial charge in [-0.15, -0.1) is 0 Å². The first-order valence-electron chi connectivity index (χ1n) is 7.47. The van der Waals surface area contributed by atoms with Gasteiger partial charge in [-0.3, -0.25) is 4.90 Å². The number of benzene rings is 2. The van der Waals surface area contributed by atoms with Gasteiger partial charge in [0, 0.05) is 5.69 Å². The number of anilines is 1. The van der Waals surface area contributed by atoms with Crippen molar-refractivity contribution in [3.63, 3.8) is 0 Å². The maximum absolute atomic E-state index is 12.6. The summed E-state index contributed by atoms with van der Waals surface area (Å²) >= 11 is 6.23. The van der Waals surface area contributed by atoms with Crippen LogP contribution in [-0.2, 0) is 10.0 Å². The standard InChI is InChI=1S/C17H19ClN2O3S/c1-3-16(18)20(14-7-5-4-6-8-14)17(21)19-24(22,23)15-11-9-13(2)10-12-15/h4-12,16H,3H2,1-2H3,(H,19,21). The lowest BCUT2D eigenvalue weighted by Gasteiger charge is -2.27. The molecule has 128 valence electrons. The van der Waals surface area contributed by atoms with Crippen LogP contribution in [0, 0.1) is 6.92 Å². The van der Waals surface area contributed by atoms with Crippen molar-refractivity contribution < 1.29 is 13.2 Å². The summed E-state index contributed by atoms with van der Waals surface area (Å²) in [6, 6.07) is 14.2. The molecular formula is C17H19ClN2O3S. The van der Waals surface area contributed by atoms with Crippen LogP contribution in [0.3, 0.4) is 0 Å². The average Bonchev–Trinajstić information content (AvgIpc) is 2.55. The van der Waals surface area contributed by atoms with Crippen LogP contribution in [0.15, 0.2) is 59.5 Å². The Balaban J connectivity index is 2.29. The maximum Gasteiger partial charge on any atom is 0.337 e. The molecule has 0 saturated carbocycles. The fourth-order valence-corrected chi connectivity index (χ4v) is 3.26. The van der Waals surface area contributed by atoms with E-state index < -0.39 is 21.6 Å². The highest BCUT2D eigenvalue weighted by Crippen LogP contribution is 2.21. The van der Waals surface area contributed by atoms with Crippen molar-refractivity contribution in [3.05, 3.63) is 60.2 Å². The minimum atomic E-state index is -3.97. The number of para-hydroxylation sites is 1. The fourth-order valence-electron chi connectivity index (χ4n) is 2.12. The number of carbonyl (C=O) groups excluding carboxylic acids is 1. The zero-order chi connectivity index (χ0) is 17.7. The van der Waals surface area contributed by atoms with E-state index in [9.17, 15) is 13.2 Å². The Morgan fingerprint density at radius 3 is 2.25 bits per heavy atom. The van der Waals surface area contributed by atoms with E-state index in [0.29, 0.717) is 12.1 Å². The second kappa shape index (κ2) is 7.68. The Kier molecular flexibility index (Phi) is 5.85. The zero-order valence-electron chi connectivity index (χ0n) is 13.4. The molecule has 1 unspecified atom stereocenters. The van der Waals surface area contributed by atoms with Gasteiger partial charge in [-0.05, 0) is 37.6 Å². The van der Waals surface area contributed by atoms with Gasteiger partial charge in [0.05, 0.1) is 4.90 Å². The SMILES string of the molecule is CCC(Cl)N(C(=O)NS(=O)(=O)c1ccc(C)cc1)c1ccccc1. The first-order chi connectivity index (χ1) is 11.3. The van der Waals surface area contributed by atoms with Crippen molar-refractivity contribution in [2.45, 2.75) is 30.7 Å². The van der Waals surface area contributed by atoms with Crippen molar-refractivity contribution >= 4 is 33.3 Å². The van der Waals surface area contributed by atoms with E-state index >= 15 is 0 Å². The normalized spacial score (nSPS) is 12.5. The third kappa shape index (κ3) is 4.27. The quantitative estimate of drug-likeness (QED) is 0.645. The molecular weight excluding hydrogens is 348 g/mol. The summed E-state index contributed by atoms with van der Waals surface area (Å²) in [5.74, 6) is 0. The fraction of sp³-hybridized carbons (Fsp3) is 0.235. The van der Waals surface area contributed by atoms with Gasteiger partial charge in [0.15, 0.2) is 0 Å². The number of hydrogen-bond acceptors (Lipinski definition) is 3. The van der Waals surface area contributed by atoms with E-state index in [1.54, 1.807) is 42.5 Å². The minimum absolute atomic E-state index is 0.0251. The Morgan fingerprint density at radius 1 is 1.12 bits per heavy atom. The summed E-state index contributed by atoms with van der Waals surface area (Å²) in [7, 11) is -3.97. The number of hydrogen-bond donors (Lipinski definition) is 1. The van der Waals surface area contributed by atoms with Crippen LogP contribution in [0.5, 0.6) is 0 Å². The Labute approximate surface area is 147 Å². The van der Waals surface area contributed by atoms with Crippen molar-refractivity contribution in [1.82, 2.24) is 4.72 Å². The lowest BCUT2D eigenvalue weighted by molar-refractivity contribution is 0.250. The zero-order valence-corrected chi connectivity index (χ0v) is 15.0. The van der Waals surface area contributed by atoms with Gasteiger partial charge in [0.2, 0.25) is 0 Å². The predicted molar refractivity (Wildman–Crippen MR) is 95.7 cm³/mol. The van der Waals surface area contributed by atoms with Gasteiger partial charge in [-0.25, -0.2) is 17.9 Å². The van der Waals surface area contributed by atoms with Gasteiger partial charge < -0.3 is 0 Å². The number of urea groups is 1. The first kappa shape index (κ1) is 18.3. The summed E-state index contributed by atoms with van der Waals surface area (Å²) < 4.78 is 26.9. The highest BCUT2D eigenvalue weighted by atomic mass is 35.5. The van der Waals surface area contributed by atoms with Gasteiger partial charge >= 0.3 is 6.03 Å². The van der Waals surface area contributed by atoms with Gasteiger partial charge in [-0.1, -0.05) is 54.4 Å². The van der Waals surface area contributed by atoms with E-state index in [1.807, 2.05) is 13.8 Å². The first-order valence-corrected chi connectivity index (χ1v) is 9.39. The predicted octanol–water partition coefficient (Wildman–Crippen LogP) is 3.87. The summed E-state index contributed by atoms with van der Waals surface area (Å²) in [5.41, 5.74) is 0.787. The van der Waals surface area contributed by atoms with Gasteiger partial charge in [-0.2, -0.15) is 0 Å².